The average molecular weight is 251 g/mol. The van der Waals surface area contributed by atoms with Gasteiger partial charge in [-0.25, -0.2) is 0 Å². The van der Waals surface area contributed by atoms with E-state index in [0.717, 1.165) is 38.9 Å². The average Bonchev–Trinajstić information content (AvgIpc) is 2.66. The zero-order chi connectivity index (χ0) is 12.4. The second kappa shape index (κ2) is 5.70. The molecular formula is C15H25NO2. The van der Waals surface area contributed by atoms with Crippen molar-refractivity contribution in [2.24, 2.45) is 11.8 Å². The molecule has 2 unspecified atom stereocenters. The SMILES string of the molecule is O=C(C1CCCCCC1)C1CC2COCC(C1)N2. The summed E-state index contributed by atoms with van der Waals surface area (Å²) in [7, 11) is 0. The Labute approximate surface area is 110 Å². The lowest BCUT2D eigenvalue weighted by atomic mass is 9.78. The number of morpholine rings is 1. The van der Waals surface area contributed by atoms with Crippen LogP contribution in [0.2, 0.25) is 0 Å². The Morgan fingerprint density at radius 2 is 1.50 bits per heavy atom. The number of ketones is 1. The van der Waals surface area contributed by atoms with Crippen LogP contribution in [0.3, 0.4) is 0 Å². The molecule has 3 nitrogen and oxygen atoms in total. The Morgan fingerprint density at radius 3 is 2.11 bits per heavy atom. The highest BCUT2D eigenvalue weighted by molar-refractivity contribution is 5.83. The Balaban J connectivity index is 1.61. The van der Waals surface area contributed by atoms with Gasteiger partial charge in [0.2, 0.25) is 0 Å². The second-order valence-electron chi connectivity index (χ2n) is 6.36. The molecular weight excluding hydrogens is 226 g/mol. The van der Waals surface area contributed by atoms with Gasteiger partial charge in [-0.15, -0.1) is 0 Å². The molecule has 1 N–H and O–H groups in total. The minimum Gasteiger partial charge on any atom is -0.378 e. The van der Waals surface area contributed by atoms with Crippen LogP contribution in [-0.4, -0.2) is 31.1 Å². The van der Waals surface area contributed by atoms with Gasteiger partial charge in [0, 0.05) is 23.9 Å². The van der Waals surface area contributed by atoms with Gasteiger partial charge in [-0.3, -0.25) is 4.79 Å². The number of carbonyl (C=O) groups is 1. The first-order valence-electron chi connectivity index (χ1n) is 7.70. The number of carbonyl (C=O) groups excluding carboxylic acids is 1. The summed E-state index contributed by atoms with van der Waals surface area (Å²) in [6, 6.07) is 0.856. The van der Waals surface area contributed by atoms with Crippen LogP contribution in [0.25, 0.3) is 0 Å². The third kappa shape index (κ3) is 2.77. The molecule has 3 aliphatic rings. The Hall–Kier alpha value is -0.410. The van der Waals surface area contributed by atoms with E-state index in [1.54, 1.807) is 0 Å². The summed E-state index contributed by atoms with van der Waals surface area (Å²) in [6.07, 6.45) is 9.49. The van der Waals surface area contributed by atoms with E-state index in [1.807, 2.05) is 0 Å². The van der Waals surface area contributed by atoms with Gasteiger partial charge in [0.15, 0.2) is 0 Å². The lowest BCUT2D eigenvalue weighted by molar-refractivity contribution is -0.130. The number of rotatable bonds is 2. The van der Waals surface area contributed by atoms with Gasteiger partial charge in [-0.1, -0.05) is 25.7 Å². The van der Waals surface area contributed by atoms with E-state index >= 15 is 0 Å². The number of fused-ring (bicyclic) bond motifs is 2. The summed E-state index contributed by atoms with van der Waals surface area (Å²) in [6.45, 7) is 1.59. The van der Waals surface area contributed by atoms with Gasteiger partial charge in [0.1, 0.15) is 5.78 Å². The molecule has 1 saturated carbocycles. The van der Waals surface area contributed by atoms with Crippen molar-refractivity contribution < 1.29 is 9.53 Å². The lowest BCUT2D eigenvalue weighted by Crippen LogP contribution is -2.55. The Kier molecular flexibility index (Phi) is 4.00. The van der Waals surface area contributed by atoms with Gasteiger partial charge in [-0.2, -0.15) is 0 Å². The first kappa shape index (κ1) is 12.6. The first-order valence-corrected chi connectivity index (χ1v) is 7.70. The summed E-state index contributed by atoms with van der Waals surface area (Å²) in [5.41, 5.74) is 0. The van der Waals surface area contributed by atoms with E-state index in [2.05, 4.69) is 5.32 Å². The molecule has 0 radical (unpaired) electrons. The smallest absolute Gasteiger partial charge is 0.139 e. The van der Waals surface area contributed by atoms with Crippen LogP contribution < -0.4 is 5.32 Å². The van der Waals surface area contributed by atoms with E-state index in [-0.39, 0.29) is 0 Å². The van der Waals surface area contributed by atoms with Gasteiger partial charge in [0.05, 0.1) is 13.2 Å². The molecule has 0 aromatic heterocycles. The topological polar surface area (TPSA) is 38.3 Å². The second-order valence-corrected chi connectivity index (χ2v) is 6.36. The maximum absolute atomic E-state index is 12.7. The van der Waals surface area contributed by atoms with Crippen molar-refractivity contribution in [3.8, 4) is 0 Å². The van der Waals surface area contributed by atoms with Crippen molar-refractivity contribution in [3.05, 3.63) is 0 Å². The van der Waals surface area contributed by atoms with E-state index in [0.29, 0.717) is 29.7 Å². The molecule has 2 atom stereocenters. The number of ether oxygens (including phenoxy) is 1. The minimum absolute atomic E-state index is 0.313. The largest absolute Gasteiger partial charge is 0.378 e. The highest BCUT2D eigenvalue weighted by atomic mass is 16.5. The van der Waals surface area contributed by atoms with Crippen LogP contribution in [0.4, 0.5) is 0 Å². The molecule has 102 valence electrons. The van der Waals surface area contributed by atoms with Crippen LogP contribution in [0.5, 0.6) is 0 Å². The molecule has 0 aromatic rings. The van der Waals surface area contributed by atoms with E-state index in [9.17, 15) is 4.79 Å². The van der Waals surface area contributed by atoms with Crippen LogP contribution in [-0.2, 0) is 9.53 Å². The third-order valence-corrected chi connectivity index (χ3v) is 4.91. The van der Waals surface area contributed by atoms with Gasteiger partial charge >= 0.3 is 0 Å². The van der Waals surface area contributed by atoms with Crippen LogP contribution in [0.15, 0.2) is 0 Å². The van der Waals surface area contributed by atoms with E-state index < -0.39 is 0 Å². The highest BCUT2D eigenvalue weighted by Crippen LogP contribution is 2.31. The maximum Gasteiger partial charge on any atom is 0.139 e. The predicted octanol–water partition coefficient (Wildman–Crippen LogP) is 2.29. The van der Waals surface area contributed by atoms with Crippen LogP contribution in [0, 0.1) is 11.8 Å². The molecule has 2 aliphatic heterocycles. The molecule has 3 fully saturated rings. The predicted molar refractivity (Wildman–Crippen MR) is 70.5 cm³/mol. The summed E-state index contributed by atoms with van der Waals surface area (Å²) in [5, 5.41) is 3.58. The fraction of sp³-hybridized carbons (Fsp3) is 0.933. The van der Waals surface area contributed by atoms with Gasteiger partial charge in [0.25, 0.3) is 0 Å². The molecule has 3 rings (SSSR count). The van der Waals surface area contributed by atoms with Crippen LogP contribution >= 0.6 is 0 Å². The van der Waals surface area contributed by atoms with Crippen molar-refractivity contribution >= 4 is 5.78 Å². The molecule has 2 saturated heterocycles. The molecule has 0 aromatic carbocycles. The van der Waals surface area contributed by atoms with Crippen molar-refractivity contribution in [2.75, 3.05) is 13.2 Å². The molecule has 0 amide bonds. The summed E-state index contributed by atoms with van der Waals surface area (Å²) < 4.78 is 5.56. The number of piperidine rings is 1. The van der Waals surface area contributed by atoms with Gasteiger partial charge in [-0.05, 0) is 25.7 Å². The standard InChI is InChI=1S/C15H25NO2/c17-15(11-5-3-1-2-4-6-11)12-7-13-9-18-10-14(8-12)16-13/h11-14,16H,1-10H2. The highest BCUT2D eigenvalue weighted by Gasteiger charge is 2.37. The van der Waals surface area contributed by atoms with Crippen molar-refractivity contribution in [2.45, 2.75) is 63.5 Å². The number of Topliss-reactive ketones (excluding diaryl/α,β-unsaturated/α-hetero) is 1. The minimum atomic E-state index is 0.313. The lowest BCUT2D eigenvalue weighted by Gasteiger charge is -2.40. The molecule has 3 heteroatoms. The Morgan fingerprint density at radius 1 is 0.889 bits per heavy atom. The monoisotopic (exact) mass is 251 g/mol. The molecule has 0 spiro atoms. The molecule has 2 heterocycles. The normalized spacial score (nSPS) is 38.1. The van der Waals surface area contributed by atoms with E-state index in [4.69, 9.17) is 4.74 Å². The summed E-state index contributed by atoms with van der Waals surface area (Å²) in [4.78, 5) is 12.7. The van der Waals surface area contributed by atoms with E-state index in [1.165, 1.54) is 25.7 Å². The fourth-order valence-corrected chi connectivity index (χ4v) is 3.97. The quantitative estimate of drug-likeness (QED) is 0.765. The van der Waals surface area contributed by atoms with Crippen molar-refractivity contribution in [1.82, 2.24) is 5.32 Å². The zero-order valence-electron chi connectivity index (χ0n) is 11.2. The first-order chi connectivity index (χ1) is 8.83. The number of nitrogens with one attached hydrogen (secondary N) is 1. The maximum atomic E-state index is 12.7. The van der Waals surface area contributed by atoms with Gasteiger partial charge < -0.3 is 10.1 Å². The molecule has 2 bridgehead atoms. The summed E-state index contributed by atoms with van der Waals surface area (Å²) in [5.74, 6) is 1.26. The number of hydrogen-bond donors (Lipinski definition) is 1. The fourth-order valence-electron chi connectivity index (χ4n) is 3.97. The zero-order valence-corrected chi connectivity index (χ0v) is 11.2. The number of hydrogen-bond acceptors (Lipinski definition) is 3. The molecule has 18 heavy (non-hydrogen) atoms. The molecule has 1 aliphatic carbocycles. The van der Waals surface area contributed by atoms with Crippen molar-refractivity contribution in [3.63, 3.8) is 0 Å². The summed E-state index contributed by atoms with van der Waals surface area (Å²) >= 11 is 0. The van der Waals surface area contributed by atoms with Crippen molar-refractivity contribution in [1.29, 1.82) is 0 Å². The Bertz CT molecular complexity index is 285. The third-order valence-electron chi connectivity index (χ3n) is 4.91. The van der Waals surface area contributed by atoms with Crippen LogP contribution in [0.1, 0.15) is 51.4 Å².